The summed E-state index contributed by atoms with van der Waals surface area (Å²) in [6.07, 6.45) is 2.87. The summed E-state index contributed by atoms with van der Waals surface area (Å²) >= 11 is 1.25. The molecule has 1 saturated heterocycles. The average Bonchev–Trinajstić information content (AvgIpc) is 3.18. The van der Waals surface area contributed by atoms with E-state index in [1.165, 1.54) is 11.3 Å². The molecule has 3 aromatic heterocycles. The Morgan fingerprint density at radius 3 is 2.77 bits per heavy atom. The lowest BCUT2D eigenvalue weighted by atomic mass is 10.0. The van der Waals surface area contributed by atoms with Gasteiger partial charge < -0.3 is 15.4 Å². The van der Waals surface area contributed by atoms with Crippen molar-refractivity contribution in [2.24, 2.45) is 5.73 Å². The van der Waals surface area contributed by atoms with Gasteiger partial charge in [0.1, 0.15) is 21.5 Å². The first-order valence-electron chi connectivity index (χ1n) is 9.55. The molecule has 1 fully saturated rings. The minimum Gasteiger partial charge on any atom is -0.370 e. The van der Waals surface area contributed by atoms with E-state index in [4.69, 9.17) is 10.5 Å². The molecule has 0 saturated carbocycles. The fourth-order valence-electron chi connectivity index (χ4n) is 3.90. The smallest absolute Gasteiger partial charge is 0.273 e. The number of fused-ring (bicyclic) bond motifs is 2. The Morgan fingerprint density at radius 2 is 1.90 bits per heavy atom. The Balaban J connectivity index is 1.51. The van der Waals surface area contributed by atoms with E-state index in [9.17, 15) is 9.59 Å². The molecule has 1 aliphatic heterocycles. The van der Waals surface area contributed by atoms with Gasteiger partial charge in [-0.3, -0.25) is 14.6 Å². The second-order valence-corrected chi connectivity index (χ2v) is 8.06. The van der Waals surface area contributed by atoms with E-state index in [-0.39, 0.29) is 5.91 Å². The quantitative estimate of drug-likeness (QED) is 0.551. The van der Waals surface area contributed by atoms with Crippen LogP contribution >= 0.6 is 11.3 Å². The number of carbonyl (C=O) groups excluding carboxylic acids is 2. The van der Waals surface area contributed by atoms with Gasteiger partial charge >= 0.3 is 0 Å². The van der Waals surface area contributed by atoms with Gasteiger partial charge in [0.05, 0.1) is 13.2 Å². The van der Waals surface area contributed by atoms with Gasteiger partial charge in [-0.1, -0.05) is 30.3 Å². The van der Waals surface area contributed by atoms with Gasteiger partial charge in [0, 0.05) is 35.3 Å². The minimum atomic E-state index is -0.518. The van der Waals surface area contributed by atoms with Gasteiger partial charge in [-0.05, 0) is 17.5 Å². The number of pyridine rings is 2. The molecule has 4 aromatic rings. The molecule has 30 heavy (non-hydrogen) atoms. The van der Waals surface area contributed by atoms with Crippen LogP contribution in [0.4, 0.5) is 0 Å². The highest BCUT2D eigenvalue weighted by Crippen LogP contribution is 2.37. The largest absolute Gasteiger partial charge is 0.370 e. The fourth-order valence-corrected chi connectivity index (χ4v) is 4.95. The highest BCUT2D eigenvalue weighted by atomic mass is 32.1. The molecule has 5 rings (SSSR count). The number of aromatic nitrogens is 2. The van der Waals surface area contributed by atoms with Gasteiger partial charge in [-0.15, -0.1) is 11.3 Å². The molecule has 1 aliphatic rings. The van der Waals surface area contributed by atoms with Crippen molar-refractivity contribution in [1.29, 1.82) is 0 Å². The lowest BCUT2D eigenvalue weighted by Gasteiger charge is -2.33. The van der Waals surface area contributed by atoms with Crippen LogP contribution in [0.5, 0.6) is 0 Å². The van der Waals surface area contributed by atoms with E-state index in [0.29, 0.717) is 35.8 Å². The van der Waals surface area contributed by atoms with Crippen molar-refractivity contribution in [2.45, 2.75) is 6.10 Å². The van der Waals surface area contributed by atoms with Gasteiger partial charge in [0.2, 0.25) is 0 Å². The molecular weight excluding hydrogens is 400 g/mol. The van der Waals surface area contributed by atoms with Crippen LogP contribution in [0, 0.1) is 0 Å². The molecule has 2 N–H and O–H groups in total. The maximum atomic E-state index is 13.3. The van der Waals surface area contributed by atoms with Crippen LogP contribution in [0.25, 0.3) is 21.0 Å². The number of hydrogen-bond donors (Lipinski definition) is 1. The maximum Gasteiger partial charge on any atom is 0.273 e. The van der Waals surface area contributed by atoms with Crippen LogP contribution < -0.4 is 5.73 Å². The molecule has 150 valence electrons. The Hall–Kier alpha value is -3.36. The Morgan fingerprint density at radius 1 is 1.07 bits per heavy atom. The van der Waals surface area contributed by atoms with Crippen LogP contribution in [0.1, 0.15) is 31.8 Å². The third-order valence-corrected chi connectivity index (χ3v) is 6.42. The average molecular weight is 418 g/mol. The van der Waals surface area contributed by atoms with E-state index in [1.807, 2.05) is 42.5 Å². The van der Waals surface area contributed by atoms with E-state index < -0.39 is 12.0 Å². The normalized spacial score (nSPS) is 16.8. The first-order valence-corrected chi connectivity index (χ1v) is 10.4. The second-order valence-electron chi connectivity index (χ2n) is 7.06. The number of benzene rings is 1. The number of ether oxygens (including phenoxy) is 1. The highest BCUT2D eigenvalue weighted by molar-refractivity contribution is 7.20. The summed E-state index contributed by atoms with van der Waals surface area (Å²) in [5.74, 6) is -0.672. The third-order valence-electron chi connectivity index (χ3n) is 5.28. The lowest BCUT2D eigenvalue weighted by Crippen LogP contribution is -2.43. The number of nitrogens with two attached hydrogens (primary N) is 1. The molecule has 7 nitrogen and oxygen atoms in total. The first kappa shape index (κ1) is 18.7. The summed E-state index contributed by atoms with van der Waals surface area (Å²) in [4.78, 5) is 37.0. The van der Waals surface area contributed by atoms with Gasteiger partial charge in [-0.25, -0.2) is 4.98 Å². The van der Waals surface area contributed by atoms with Crippen molar-refractivity contribution < 1.29 is 14.3 Å². The highest BCUT2D eigenvalue weighted by Gasteiger charge is 2.32. The van der Waals surface area contributed by atoms with E-state index in [2.05, 4.69) is 9.97 Å². The zero-order valence-corrected chi connectivity index (χ0v) is 16.8. The molecule has 4 heterocycles. The van der Waals surface area contributed by atoms with Gasteiger partial charge in [0.25, 0.3) is 11.8 Å². The summed E-state index contributed by atoms with van der Waals surface area (Å²) in [5, 5.41) is 2.61. The van der Waals surface area contributed by atoms with Crippen molar-refractivity contribution in [1.82, 2.24) is 14.9 Å². The molecule has 1 atom stereocenters. The summed E-state index contributed by atoms with van der Waals surface area (Å²) < 4.78 is 5.98. The van der Waals surface area contributed by atoms with Crippen LogP contribution in [0.2, 0.25) is 0 Å². The fraction of sp³-hybridized carbons (Fsp3) is 0.182. The molecule has 8 heteroatoms. The SMILES string of the molecule is NC(=O)c1sc2ncccc2c1[C@@H]1CN(C(=O)c2nccc3ccccc23)CCO1. The summed E-state index contributed by atoms with van der Waals surface area (Å²) in [6, 6.07) is 13.3. The number of morpholine rings is 1. The monoisotopic (exact) mass is 418 g/mol. The van der Waals surface area contributed by atoms with Crippen molar-refractivity contribution in [3.05, 3.63) is 71.0 Å². The standard InChI is InChI=1S/C22H18N4O3S/c23-20(27)19-17(15-6-3-8-25-21(15)30-19)16-12-26(10-11-29-16)22(28)18-14-5-2-1-4-13(14)7-9-24-18/h1-9,16H,10-12H2,(H2,23,27)/t16-/m0/s1. The van der Waals surface area contributed by atoms with E-state index in [0.717, 1.165) is 21.0 Å². The Bertz CT molecular complexity index is 1280. The van der Waals surface area contributed by atoms with Gasteiger partial charge in [0.15, 0.2) is 0 Å². The molecule has 1 aromatic carbocycles. The van der Waals surface area contributed by atoms with Crippen molar-refractivity contribution in [3.63, 3.8) is 0 Å². The van der Waals surface area contributed by atoms with Crippen molar-refractivity contribution >= 4 is 44.1 Å². The van der Waals surface area contributed by atoms with Crippen molar-refractivity contribution in [2.75, 3.05) is 19.7 Å². The third kappa shape index (κ3) is 3.10. The van der Waals surface area contributed by atoms with Crippen LogP contribution in [-0.2, 0) is 4.74 Å². The van der Waals surface area contributed by atoms with Crippen molar-refractivity contribution in [3.8, 4) is 0 Å². The number of rotatable bonds is 3. The summed E-state index contributed by atoms with van der Waals surface area (Å²) in [6.45, 7) is 1.12. The van der Waals surface area contributed by atoms with Gasteiger partial charge in [-0.2, -0.15) is 0 Å². The lowest BCUT2D eigenvalue weighted by molar-refractivity contribution is -0.0223. The Kier molecular flexibility index (Phi) is 4.65. The van der Waals surface area contributed by atoms with E-state index in [1.54, 1.807) is 17.3 Å². The summed E-state index contributed by atoms with van der Waals surface area (Å²) in [7, 11) is 0. The molecule has 2 amide bonds. The predicted octanol–water partition coefficient (Wildman–Crippen LogP) is 3.16. The molecule has 0 aliphatic carbocycles. The van der Waals surface area contributed by atoms with Crippen LogP contribution in [0.3, 0.4) is 0 Å². The number of primary amides is 1. The molecular formula is C22H18N4O3S. The summed E-state index contributed by atoms with van der Waals surface area (Å²) in [5.41, 5.74) is 6.76. The number of nitrogens with zero attached hydrogens (tertiary/aromatic N) is 3. The maximum absolute atomic E-state index is 13.3. The minimum absolute atomic E-state index is 0.154. The zero-order chi connectivity index (χ0) is 20.7. The number of thiophene rings is 1. The molecule has 0 spiro atoms. The zero-order valence-electron chi connectivity index (χ0n) is 15.9. The van der Waals surface area contributed by atoms with Crippen LogP contribution in [-0.4, -0.2) is 46.4 Å². The van der Waals surface area contributed by atoms with E-state index >= 15 is 0 Å². The molecule has 0 unspecified atom stereocenters. The number of amides is 2. The molecule has 0 radical (unpaired) electrons. The first-order chi connectivity index (χ1) is 14.6. The topological polar surface area (TPSA) is 98.4 Å². The molecule has 0 bridgehead atoms. The number of carbonyl (C=O) groups is 2. The Labute approximate surface area is 176 Å². The second kappa shape index (κ2) is 7.47. The number of hydrogen-bond acceptors (Lipinski definition) is 6. The predicted molar refractivity (Wildman–Crippen MR) is 114 cm³/mol. The van der Waals surface area contributed by atoms with Crippen LogP contribution in [0.15, 0.2) is 54.9 Å².